The minimum atomic E-state index is -0.763. The zero-order chi connectivity index (χ0) is 28.8. The van der Waals surface area contributed by atoms with Crippen molar-refractivity contribution in [2.24, 2.45) is 11.8 Å². The topological polar surface area (TPSA) is 125 Å². The van der Waals surface area contributed by atoms with Gasteiger partial charge in [0.1, 0.15) is 17.7 Å². The summed E-state index contributed by atoms with van der Waals surface area (Å²) in [6, 6.07) is 6.78. The Bertz CT molecular complexity index is 1330. The number of carbonyl (C=O) groups is 3. The normalized spacial score (nSPS) is 19.4. The number of para-hydroxylation sites is 1. The van der Waals surface area contributed by atoms with E-state index in [1.165, 1.54) is 0 Å². The quantitative estimate of drug-likeness (QED) is 0.433. The van der Waals surface area contributed by atoms with E-state index in [9.17, 15) is 14.4 Å². The zero-order valence-electron chi connectivity index (χ0n) is 24.4. The highest BCUT2D eigenvalue weighted by atomic mass is 16.2. The molecule has 4 rings (SSSR count). The minimum absolute atomic E-state index is 0.0742. The van der Waals surface area contributed by atoms with Crippen LogP contribution in [0.2, 0.25) is 0 Å². The first-order valence-corrected chi connectivity index (χ1v) is 14.4. The van der Waals surface area contributed by atoms with Gasteiger partial charge in [0.05, 0.1) is 12.6 Å². The van der Waals surface area contributed by atoms with Crippen molar-refractivity contribution in [3.05, 3.63) is 47.7 Å². The molecule has 1 aromatic carbocycles. The van der Waals surface area contributed by atoms with Crippen LogP contribution in [-0.2, 0) is 27.3 Å². The minimum Gasteiger partial charge on any atom is -0.361 e. The second-order valence-electron chi connectivity index (χ2n) is 11.7. The molecule has 3 heterocycles. The van der Waals surface area contributed by atoms with Crippen LogP contribution in [0.4, 0.5) is 0 Å². The molecule has 2 aromatic heterocycles. The summed E-state index contributed by atoms with van der Waals surface area (Å²) in [5, 5.41) is 11.8. The largest absolute Gasteiger partial charge is 0.361 e. The third kappa shape index (κ3) is 7.49. The van der Waals surface area contributed by atoms with Crippen molar-refractivity contribution in [1.29, 1.82) is 0 Å². The number of rotatable bonds is 6. The Balaban J connectivity index is 1.66. The van der Waals surface area contributed by atoms with E-state index in [-0.39, 0.29) is 42.0 Å². The van der Waals surface area contributed by atoms with Gasteiger partial charge in [0.2, 0.25) is 17.7 Å². The lowest BCUT2D eigenvalue weighted by Gasteiger charge is -2.27. The highest BCUT2D eigenvalue weighted by molar-refractivity contribution is 5.89. The van der Waals surface area contributed by atoms with Crippen molar-refractivity contribution in [2.75, 3.05) is 13.1 Å². The van der Waals surface area contributed by atoms with Crippen molar-refractivity contribution in [1.82, 2.24) is 35.3 Å². The molecular formula is C30H43N7O3. The van der Waals surface area contributed by atoms with Gasteiger partial charge in [-0.1, -0.05) is 45.9 Å². The summed E-state index contributed by atoms with van der Waals surface area (Å²) in [4.78, 5) is 49.7. The van der Waals surface area contributed by atoms with E-state index < -0.39 is 6.04 Å². The summed E-state index contributed by atoms with van der Waals surface area (Å²) in [6.45, 7) is 11.5. The molecule has 0 spiro atoms. The molecule has 0 saturated heterocycles. The van der Waals surface area contributed by atoms with Gasteiger partial charge in [-0.15, -0.1) is 0 Å². The fourth-order valence-electron chi connectivity index (χ4n) is 5.35. The summed E-state index contributed by atoms with van der Waals surface area (Å²) in [7, 11) is 0. The predicted octanol–water partition coefficient (Wildman–Crippen LogP) is 3.67. The van der Waals surface area contributed by atoms with Crippen LogP contribution in [0.25, 0.3) is 10.9 Å². The maximum atomic E-state index is 13.8. The lowest BCUT2D eigenvalue weighted by molar-refractivity contribution is -0.133. The van der Waals surface area contributed by atoms with Crippen LogP contribution in [0.1, 0.15) is 76.6 Å². The van der Waals surface area contributed by atoms with Gasteiger partial charge in [-0.3, -0.25) is 14.4 Å². The molecule has 3 N–H and O–H groups in total. The molecule has 3 amide bonds. The van der Waals surface area contributed by atoms with E-state index in [1.807, 2.05) is 60.8 Å². The third-order valence-electron chi connectivity index (χ3n) is 7.24. The summed E-state index contributed by atoms with van der Waals surface area (Å²) in [6.07, 6.45) is 4.10. The number of aromatic amines is 1. The Morgan fingerprint density at radius 3 is 2.55 bits per heavy atom. The van der Waals surface area contributed by atoms with Gasteiger partial charge in [0.25, 0.3) is 0 Å². The number of fused-ring (bicyclic) bond motifs is 2. The molecule has 10 heteroatoms. The van der Waals surface area contributed by atoms with Crippen LogP contribution in [0, 0.1) is 18.8 Å². The molecule has 0 aliphatic carbocycles. The summed E-state index contributed by atoms with van der Waals surface area (Å²) in [5.41, 5.74) is 1.94. The maximum absolute atomic E-state index is 13.8. The van der Waals surface area contributed by atoms with Gasteiger partial charge >= 0.3 is 0 Å². The first-order chi connectivity index (χ1) is 19.1. The molecule has 40 heavy (non-hydrogen) atoms. The van der Waals surface area contributed by atoms with Crippen molar-refractivity contribution in [3.8, 4) is 0 Å². The highest BCUT2D eigenvalue weighted by Crippen LogP contribution is 2.23. The standard InChI is InChI=1S/C30H43N7O3/c1-19(2)15-25-29-32-21(5)35-37(29)14-13-36(28(39)16-20(3)4)12-8-11-27(38)33-26(30(40)34-25)17-22-18-31-24-10-7-6-9-23(22)24/h6-7,9-10,18-20,25-26,31H,8,11-17H2,1-5H3,(H,33,38)(H,34,40)/t25-,26+/m0/s1. The van der Waals surface area contributed by atoms with Crippen LogP contribution < -0.4 is 10.6 Å². The number of aryl methyl sites for hydroxylation is 1. The first kappa shape index (κ1) is 29.3. The highest BCUT2D eigenvalue weighted by Gasteiger charge is 2.29. The van der Waals surface area contributed by atoms with Gasteiger partial charge in [0, 0.05) is 49.5 Å². The molecule has 2 atom stereocenters. The fraction of sp³-hybridized carbons (Fsp3) is 0.567. The van der Waals surface area contributed by atoms with Gasteiger partial charge in [-0.2, -0.15) is 5.10 Å². The van der Waals surface area contributed by atoms with Crippen molar-refractivity contribution in [3.63, 3.8) is 0 Å². The number of H-pyrrole nitrogens is 1. The second-order valence-corrected chi connectivity index (χ2v) is 11.7. The van der Waals surface area contributed by atoms with Gasteiger partial charge < -0.3 is 20.5 Å². The average molecular weight is 550 g/mol. The lowest BCUT2D eigenvalue weighted by Crippen LogP contribution is -2.49. The van der Waals surface area contributed by atoms with Gasteiger partial charge in [-0.25, -0.2) is 9.67 Å². The number of carbonyl (C=O) groups excluding carboxylic acids is 3. The third-order valence-corrected chi connectivity index (χ3v) is 7.24. The molecule has 10 nitrogen and oxygen atoms in total. The van der Waals surface area contributed by atoms with E-state index in [0.717, 1.165) is 16.5 Å². The molecule has 0 unspecified atom stereocenters. The zero-order valence-corrected chi connectivity index (χ0v) is 24.4. The molecule has 1 aliphatic heterocycles. The molecule has 0 radical (unpaired) electrons. The fourth-order valence-corrected chi connectivity index (χ4v) is 5.35. The molecule has 3 aromatic rings. The maximum Gasteiger partial charge on any atom is 0.243 e. The van der Waals surface area contributed by atoms with Crippen molar-refractivity contribution < 1.29 is 14.4 Å². The van der Waals surface area contributed by atoms with Crippen molar-refractivity contribution >= 4 is 28.6 Å². The van der Waals surface area contributed by atoms with Crippen LogP contribution in [0.15, 0.2) is 30.5 Å². The Labute approximate surface area is 236 Å². The van der Waals surface area contributed by atoms with Gasteiger partial charge in [-0.05, 0) is 43.2 Å². The summed E-state index contributed by atoms with van der Waals surface area (Å²) < 4.78 is 1.83. The summed E-state index contributed by atoms with van der Waals surface area (Å²) >= 11 is 0. The smallest absolute Gasteiger partial charge is 0.243 e. The first-order valence-electron chi connectivity index (χ1n) is 14.4. The van der Waals surface area contributed by atoms with Crippen LogP contribution in [-0.4, -0.2) is 61.5 Å². The predicted molar refractivity (Wildman–Crippen MR) is 154 cm³/mol. The molecule has 0 fully saturated rings. The number of hydrogen-bond donors (Lipinski definition) is 3. The Hall–Kier alpha value is -3.69. The molecule has 0 saturated carbocycles. The average Bonchev–Trinajstić information content (AvgIpc) is 3.47. The number of nitrogens with zero attached hydrogens (tertiary/aromatic N) is 4. The van der Waals surface area contributed by atoms with E-state index in [0.29, 0.717) is 57.0 Å². The van der Waals surface area contributed by atoms with Crippen LogP contribution in [0.3, 0.4) is 0 Å². The van der Waals surface area contributed by atoms with Crippen LogP contribution >= 0.6 is 0 Å². The lowest BCUT2D eigenvalue weighted by atomic mass is 10.0. The summed E-state index contributed by atoms with van der Waals surface area (Å²) in [5.74, 6) is 1.43. The molecule has 216 valence electrons. The Morgan fingerprint density at radius 1 is 1.02 bits per heavy atom. The van der Waals surface area contributed by atoms with Crippen LogP contribution in [0.5, 0.6) is 0 Å². The Morgan fingerprint density at radius 2 is 1.80 bits per heavy atom. The van der Waals surface area contributed by atoms with E-state index in [1.54, 1.807) is 0 Å². The molecule has 1 aliphatic rings. The number of benzene rings is 1. The number of nitrogens with one attached hydrogen (secondary N) is 3. The van der Waals surface area contributed by atoms with E-state index in [4.69, 9.17) is 4.98 Å². The SMILES string of the molecule is Cc1nc2n(n1)CCN(C(=O)CC(C)C)CCCC(=O)N[C@H](Cc1c[nH]c3ccccc13)C(=O)N[C@H]2CC(C)C. The second kappa shape index (κ2) is 13.1. The van der Waals surface area contributed by atoms with Crippen molar-refractivity contribution in [2.45, 2.75) is 85.4 Å². The Kier molecular flexibility index (Phi) is 9.60. The molecule has 0 bridgehead atoms. The van der Waals surface area contributed by atoms with E-state index in [2.05, 4.69) is 34.6 Å². The van der Waals surface area contributed by atoms with Gasteiger partial charge in [0.15, 0.2) is 0 Å². The monoisotopic (exact) mass is 549 g/mol. The molecular weight excluding hydrogens is 506 g/mol. The van der Waals surface area contributed by atoms with E-state index >= 15 is 0 Å². The number of hydrogen-bond acceptors (Lipinski definition) is 5. The number of amides is 3. The number of aromatic nitrogens is 4.